The number of methoxy groups -OCH3 is 2. The summed E-state index contributed by atoms with van der Waals surface area (Å²) in [5.41, 5.74) is 0. The molecule has 0 aromatic carbocycles. The summed E-state index contributed by atoms with van der Waals surface area (Å²) in [6.07, 6.45) is -0.0648. The van der Waals surface area contributed by atoms with E-state index in [1.807, 2.05) is 13.7 Å². The highest BCUT2D eigenvalue weighted by atomic mass is 16.7. The van der Waals surface area contributed by atoms with Crippen LogP contribution in [0.1, 0.15) is 6.92 Å². The lowest BCUT2D eigenvalue weighted by molar-refractivity contribution is -0.0980. The van der Waals surface area contributed by atoms with Gasteiger partial charge in [-0.25, -0.2) is 0 Å². The number of hydrogen-bond donors (Lipinski definition) is 0. The van der Waals surface area contributed by atoms with Crippen LogP contribution in [0.3, 0.4) is 0 Å². The third kappa shape index (κ3) is 9.14. The summed E-state index contributed by atoms with van der Waals surface area (Å²) < 4.78 is 9.35. The van der Waals surface area contributed by atoms with Crippen LogP contribution in [-0.2, 0) is 14.3 Å². The van der Waals surface area contributed by atoms with Crippen molar-refractivity contribution in [1.82, 2.24) is 0 Å². The van der Waals surface area contributed by atoms with Crippen molar-refractivity contribution >= 4 is 6.79 Å². The summed E-state index contributed by atoms with van der Waals surface area (Å²) in [5, 5.41) is 0. The van der Waals surface area contributed by atoms with Crippen molar-refractivity contribution in [3.05, 3.63) is 0 Å². The molecule has 0 heterocycles. The van der Waals surface area contributed by atoms with E-state index in [9.17, 15) is 0 Å². The Morgan fingerprint density at radius 1 is 1.25 bits per heavy atom. The van der Waals surface area contributed by atoms with Gasteiger partial charge in [0.25, 0.3) is 0 Å². The third-order valence-corrected chi connectivity index (χ3v) is 0.664. The Morgan fingerprint density at radius 2 is 1.50 bits per heavy atom. The molecule has 3 heteroatoms. The molecular weight excluding hydrogens is 108 g/mol. The monoisotopic (exact) mass is 120 g/mol. The highest BCUT2D eigenvalue weighted by molar-refractivity contribution is 5.10. The molecule has 0 aromatic rings. The fraction of sp³-hybridized carbons (Fsp3) is 0.800. The second-order valence-corrected chi connectivity index (χ2v) is 1.04. The van der Waals surface area contributed by atoms with Crippen LogP contribution in [0, 0.1) is 0 Å². The molecule has 0 N–H and O–H groups in total. The largest absolute Gasteiger partial charge is 0.356 e. The van der Waals surface area contributed by atoms with E-state index in [0.717, 1.165) is 0 Å². The van der Waals surface area contributed by atoms with E-state index in [-0.39, 0.29) is 6.29 Å². The lowest BCUT2D eigenvalue weighted by Crippen LogP contribution is -2.05. The summed E-state index contributed by atoms with van der Waals surface area (Å²) in [4.78, 5) is 8.00. The maximum atomic E-state index is 8.00. The van der Waals surface area contributed by atoms with Gasteiger partial charge in [0.1, 0.15) is 6.79 Å². The van der Waals surface area contributed by atoms with E-state index in [0.29, 0.717) is 0 Å². The second-order valence-electron chi connectivity index (χ2n) is 1.04. The maximum Gasteiger partial charge on any atom is 0.154 e. The molecule has 0 bridgehead atoms. The Labute approximate surface area is 49.6 Å². The molecule has 0 saturated carbocycles. The van der Waals surface area contributed by atoms with Gasteiger partial charge in [-0.3, -0.25) is 0 Å². The molecule has 0 fully saturated rings. The van der Waals surface area contributed by atoms with E-state index in [1.165, 1.54) is 0 Å². The molecule has 3 nitrogen and oxygen atoms in total. The Kier molecular flexibility index (Phi) is 12.9. The molecule has 8 heavy (non-hydrogen) atoms. The molecule has 0 saturated heterocycles. The zero-order chi connectivity index (χ0) is 6.99. The minimum absolute atomic E-state index is 0.0648. The number of ether oxygens (including phenoxy) is 2. The van der Waals surface area contributed by atoms with Gasteiger partial charge in [0.2, 0.25) is 0 Å². The maximum absolute atomic E-state index is 8.00. The highest BCUT2D eigenvalue weighted by Crippen LogP contribution is 1.82. The first-order valence-corrected chi connectivity index (χ1v) is 2.15. The van der Waals surface area contributed by atoms with Gasteiger partial charge < -0.3 is 14.3 Å². The van der Waals surface area contributed by atoms with Crippen molar-refractivity contribution in [3.8, 4) is 0 Å². The minimum atomic E-state index is -0.0648. The van der Waals surface area contributed by atoms with E-state index in [4.69, 9.17) is 4.79 Å². The molecule has 0 radical (unpaired) electrons. The van der Waals surface area contributed by atoms with Crippen LogP contribution >= 0.6 is 0 Å². The minimum Gasteiger partial charge on any atom is -0.356 e. The zero-order valence-corrected chi connectivity index (χ0v) is 5.51. The molecule has 0 aliphatic rings. The van der Waals surface area contributed by atoms with Gasteiger partial charge in [-0.15, -0.1) is 0 Å². The van der Waals surface area contributed by atoms with Gasteiger partial charge in [0.05, 0.1) is 0 Å². The first-order valence-electron chi connectivity index (χ1n) is 2.15. The molecule has 0 aromatic heterocycles. The van der Waals surface area contributed by atoms with Crippen LogP contribution in [0.15, 0.2) is 0 Å². The Morgan fingerprint density at radius 3 is 1.50 bits per heavy atom. The quantitative estimate of drug-likeness (QED) is 0.496. The predicted octanol–water partition coefficient (Wildman–Crippen LogP) is 0.440. The summed E-state index contributed by atoms with van der Waals surface area (Å²) >= 11 is 0. The fourth-order valence-electron chi connectivity index (χ4n) is 0.0962. The SMILES string of the molecule is C=O.COC(C)OC. The highest BCUT2D eigenvalue weighted by Gasteiger charge is 1.87. The average Bonchev–Trinajstić information content (AvgIpc) is 1.91. The van der Waals surface area contributed by atoms with Gasteiger partial charge in [-0.1, -0.05) is 0 Å². The topological polar surface area (TPSA) is 35.5 Å². The van der Waals surface area contributed by atoms with Crippen molar-refractivity contribution in [3.63, 3.8) is 0 Å². The Hall–Kier alpha value is -0.410. The van der Waals surface area contributed by atoms with Gasteiger partial charge in [0.15, 0.2) is 6.29 Å². The average molecular weight is 120 g/mol. The van der Waals surface area contributed by atoms with E-state index in [1.54, 1.807) is 14.2 Å². The molecule has 0 aliphatic carbocycles. The fourth-order valence-corrected chi connectivity index (χ4v) is 0.0962. The van der Waals surface area contributed by atoms with Gasteiger partial charge in [-0.2, -0.15) is 0 Å². The lowest BCUT2D eigenvalue weighted by atomic mass is 10.8. The van der Waals surface area contributed by atoms with Crippen molar-refractivity contribution in [2.45, 2.75) is 13.2 Å². The summed E-state index contributed by atoms with van der Waals surface area (Å²) in [5.74, 6) is 0. The third-order valence-electron chi connectivity index (χ3n) is 0.664. The van der Waals surface area contributed by atoms with Crippen molar-refractivity contribution in [2.75, 3.05) is 14.2 Å². The zero-order valence-electron chi connectivity index (χ0n) is 5.51. The molecule has 0 unspecified atom stereocenters. The number of carbonyl (C=O) groups is 1. The van der Waals surface area contributed by atoms with Crippen LogP contribution in [0.2, 0.25) is 0 Å². The molecule has 50 valence electrons. The van der Waals surface area contributed by atoms with E-state index >= 15 is 0 Å². The predicted molar refractivity (Wildman–Crippen MR) is 30.6 cm³/mol. The molecule has 0 spiro atoms. The van der Waals surface area contributed by atoms with Gasteiger partial charge in [0, 0.05) is 14.2 Å². The number of hydrogen-bond acceptors (Lipinski definition) is 3. The lowest BCUT2D eigenvalue weighted by Gasteiger charge is -2.03. The number of carbonyl (C=O) groups excluding carboxylic acids is 1. The Bertz CT molecular complexity index is 34.7. The van der Waals surface area contributed by atoms with Crippen LogP contribution < -0.4 is 0 Å². The molecular formula is C5H12O3. The molecule has 0 aliphatic heterocycles. The molecule has 0 atom stereocenters. The summed E-state index contributed by atoms with van der Waals surface area (Å²) in [7, 11) is 3.21. The number of rotatable bonds is 2. The first-order chi connectivity index (χ1) is 3.81. The van der Waals surface area contributed by atoms with E-state index in [2.05, 4.69) is 9.47 Å². The first kappa shape index (κ1) is 10.5. The van der Waals surface area contributed by atoms with Crippen molar-refractivity contribution in [2.24, 2.45) is 0 Å². The standard InChI is InChI=1S/C4H10O2.CH2O/c1-4(5-2)6-3;1-2/h4H,1-3H3;1H2. The molecule has 0 amide bonds. The Balaban J connectivity index is 0. The van der Waals surface area contributed by atoms with Gasteiger partial charge in [-0.05, 0) is 6.92 Å². The van der Waals surface area contributed by atoms with Crippen LogP contribution in [0.5, 0.6) is 0 Å². The smallest absolute Gasteiger partial charge is 0.154 e. The van der Waals surface area contributed by atoms with Crippen LogP contribution in [0.4, 0.5) is 0 Å². The van der Waals surface area contributed by atoms with Crippen LogP contribution in [-0.4, -0.2) is 27.3 Å². The molecule has 0 rings (SSSR count). The van der Waals surface area contributed by atoms with Crippen molar-refractivity contribution in [1.29, 1.82) is 0 Å². The second kappa shape index (κ2) is 9.77. The van der Waals surface area contributed by atoms with Gasteiger partial charge >= 0.3 is 0 Å². The van der Waals surface area contributed by atoms with Crippen LogP contribution in [0.25, 0.3) is 0 Å². The van der Waals surface area contributed by atoms with Crippen molar-refractivity contribution < 1.29 is 14.3 Å². The summed E-state index contributed by atoms with van der Waals surface area (Å²) in [6, 6.07) is 0. The summed E-state index contributed by atoms with van der Waals surface area (Å²) in [6.45, 7) is 3.83. The normalized spacial score (nSPS) is 8.00. The van der Waals surface area contributed by atoms with E-state index < -0.39 is 0 Å².